The van der Waals surface area contributed by atoms with Crippen LogP contribution in [0.4, 0.5) is 0 Å². The predicted molar refractivity (Wildman–Crippen MR) is 245 cm³/mol. The van der Waals surface area contributed by atoms with E-state index in [0.717, 1.165) is 31.6 Å². The van der Waals surface area contributed by atoms with Gasteiger partial charge in [0.25, 0.3) is 0 Å². The summed E-state index contributed by atoms with van der Waals surface area (Å²) in [6.45, 7) is 29.1. The molecule has 2 unspecified atom stereocenters. The van der Waals surface area contributed by atoms with E-state index in [1.54, 1.807) is 5.56 Å². The number of hydrogen-bond acceptors (Lipinski definition) is 2. The van der Waals surface area contributed by atoms with Crippen molar-refractivity contribution in [1.29, 1.82) is 0 Å². The minimum absolute atomic E-state index is 0.0135. The van der Waals surface area contributed by atoms with Crippen LogP contribution in [0.3, 0.4) is 0 Å². The molecular formula is C54H64NOP. The molecule has 1 heterocycles. The lowest BCUT2D eigenvalue weighted by atomic mass is 9.74. The Morgan fingerprint density at radius 1 is 0.544 bits per heavy atom. The molecule has 5 aromatic rings. The van der Waals surface area contributed by atoms with Crippen molar-refractivity contribution in [3.8, 4) is 0 Å². The summed E-state index contributed by atoms with van der Waals surface area (Å²) >= 11 is 0. The molecule has 0 N–H and O–H groups in total. The second-order valence-electron chi connectivity index (χ2n) is 21.3. The van der Waals surface area contributed by atoms with Crippen LogP contribution >= 0.6 is 7.92 Å². The van der Waals surface area contributed by atoms with Gasteiger partial charge in [-0.2, -0.15) is 0 Å². The third-order valence-electron chi connectivity index (χ3n) is 13.0. The quantitative estimate of drug-likeness (QED) is 0.163. The number of rotatable bonds is 5. The average molecular weight is 774 g/mol. The molecule has 57 heavy (non-hydrogen) atoms. The van der Waals surface area contributed by atoms with E-state index in [2.05, 4.69) is 186 Å². The Hall–Kier alpha value is -4.00. The van der Waals surface area contributed by atoms with E-state index in [9.17, 15) is 0 Å². The molecule has 0 radical (unpaired) electrons. The van der Waals surface area contributed by atoms with Crippen LogP contribution in [0.1, 0.15) is 158 Å². The lowest BCUT2D eigenvalue weighted by Gasteiger charge is -2.35. The van der Waals surface area contributed by atoms with Crippen LogP contribution < -0.4 is 15.9 Å². The molecule has 1 spiro atoms. The third-order valence-corrected chi connectivity index (χ3v) is 15.4. The number of aliphatic imine (C=N–C) groups is 1. The fraction of sp³-hybridized carbons (Fsp3) is 0.426. The second kappa shape index (κ2) is 14.1. The van der Waals surface area contributed by atoms with E-state index in [1.807, 2.05) is 0 Å². The Morgan fingerprint density at radius 3 is 1.51 bits per heavy atom. The van der Waals surface area contributed by atoms with Crippen molar-refractivity contribution in [2.24, 2.45) is 4.99 Å². The highest BCUT2D eigenvalue weighted by Crippen LogP contribution is 2.56. The molecule has 1 aliphatic heterocycles. The largest absolute Gasteiger partial charge is 0.475 e. The molecule has 3 aliphatic rings. The number of nitrogens with zero attached hydrogens (tertiary/aromatic N) is 1. The Labute approximate surface area is 345 Å². The van der Waals surface area contributed by atoms with Gasteiger partial charge in [-0.15, -0.1) is 0 Å². The fourth-order valence-electron chi connectivity index (χ4n) is 9.54. The molecule has 0 fully saturated rings. The molecule has 2 aliphatic carbocycles. The SMILES string of the molecule is CC(C)(C)c1cc(P(c2cc(C(C)(C)C)cc(C(C)(C)C)c2)c2cccc3c2C2(CCc4cccc(C5=NC(c6ccccc6)CO5)c42)CC3)cc(C(C)(C)C)c1. The van der Waals surface area contributed by atoms with Crippen molar-refractivity contribution in [1.82, 2.24) is 0 Å². The highest BCUT2D eigenvalue weighted by Gasteiger charge is 2.49. The van der Waals surface area contributed by atoms with E-state index >= 15 is 0 Å². The first-order valence-corrected chi connectivity index (χ1v) is 22.7. The molecule has 8 rings (SSSR count). The molecule has 296 valence electrons. The fourth-order valence-corrected chi connectivity index (χ4v) is 12.3. The third kappa shape index (κ3) is 7.35. The van der Waals surface area contributed by atoms with Gasteiger partial charge in [-0.05, 0) is 127 Å². The van der Waals surface area contributed by atoms with Crippen LogP contribution in [-0.2, 0) is 44.7 Å². The van der Waals surface area contributed by atoms with Crippen LogP contribution in [0.5, 0.6) is 0 Å². The van der Waals surface area contributed by atoms with E-state index in [1.165, 1.54) is 66.0 Å². The van der Waals surface area contributed by atoms with Crippen molar-refractivity contribution in [2.45, 2.75) is 142 Å². The molecule has 5 aromatic carbocycles. The van der Waals surface area contributed by atoms with E-state index in [4.69, 9.17) is 9.73 Å². The summed E-state index contributed by atoms with van der Waals surface area (Å²) in [5, 5.41) is 4.45. The van der Waals surface area contributed by atoms with Gasteiger partial charge < -0.3 is 4.74 Å². The van der Waals surface area contributed by atoms with E-state index in [0.29, 0.717) is 6.61 Å². The van der Waals surface area contributed by atoms with Crippen LogP contribution in [0, 0.1) is 0 Å². The van der Waals surface area contributed by atoms with E-state index < -0.39 is 7.92 Å². The van der Waals surface area contributed by atoms with Gasteiger partial charge in [0.2, 0.25) is 5.90 Å². The summed E-state index contributed by atoms with van der Waals surface area (Å²) in [5.74, 6) is 0.815. The first-order valence-electron chi connectivity index (χ1n) is 21.4. The number of benzene rings is 5. The number of fused-ring (bicyclic) bond motifs is 4. The molecule has 0 saturated heterocycles. The first kappa shape index (κ1) is 39.8. The lowest BCUT2D eigenvalue weighted by Crippen LogP contribution is -2.34. The maximum Gasteiger partial charge on any atom is 0.217 e. The summed E-state index contributed by atoms with van der Waals surface area (Å²) in [6, 6.07) is 40.2. The lowest BCUT2D eigenvalue weighted by molar-refractivity contribution is 0.319. The van der Waals surface area contributed by atoms with Crippen molar-refractivity contribution < 1.29 is 4.74 Å². The Morgan fingerprint density at radius 2 is 1.02 bits per heavy atom. The highest BCUT2D eigenvalue weighted by molar-refractivity contribution is 7.80. The van der Waals surface area contributed by atoms with Crippen molar-refractivity contribution in [2.75, 3.05) is 6.61 Å². The topological polar surface area (TPSA) is 21.6 Å². The van der Waals surface area contributed by atoms with Gasteiger partial charge in [0.05, 0.1) is 0 Å². The first-order chi connectivity index (χ1) is 26.7. The number of ether oxygens (including phenoxy) is 1. The van der Waals surface area contributed by atoms with Crippen LogP contribution in [0.2, 0.25) is 0 Å². The van der Waals surface area contributed by atoms with Gasteiger partial charge >= 0.3 is 0 Å². The smallest absolute Gasteiger partial charge is 0.217 e. The monoisotopic (exact) mass is 773 g/mol. The van der Waals surface area contributed by atoms with Crippen LogP contribution in [-0.4, -0.2) is 12.5 Å². The number of aryl methyl sites for hydroxylation is 2. The Bertz CT molecular complexity index is 2210. The van der Waals surface area contributed by atoms with Gasteiger partial charge in [0.1, 0.15) is 12.6 Å². The van der Waals surface area contributed by atoms with Gasteiger partial charge in [-0.3, -0.25) is 0 Å². The maximum absolute atomic E-state index is 6.57. The molecular weight excluding hydrogens is 710 g/mol. The zero-order valence-electron chi connectivity index (χ0n) is 36.7. The molecule has 0 saturated carbocycles. The molecule has 0 aromatic heterocycles. The van der Waals surface area contributed by atoms with E-state index in [-0.39, 0.29) is 33.1 Å². The minimum Gasteiger partial charge on any atom is -0.475 e. The van der Waals surface area contributed by atoms with Crippen LogP contribution in [0.15, 0.2) is 108 Å². The maximum atomic E-state index is 6.57. The van der Waals surface area contributed by atoms with Crippen molar-refractivity contribution >= 4 is 29.7 Å². The zero-order chi connectivity index (χ0) is 40.7. The normalized spacial score (nSPS) is 19.5. The van der Waals surface area contributed by atoms with Gasteiger partial charge in [0.15, 0.2) is 0 Å². The summed E-state index contributed by atoms with van der Waals surface area (Å²) in [4.78, 5) is 5.30. The minimum atomic E-state index is -0.953. The zero-order valence-corrected chi connectivity index (χ0v) is 37.6. The van der Waals surface area contributed by atoms with Crippen molar-refractivity contribution in [3.63, 3.8) is 0 Å². The summed E-state index contributed by atoms with van der Waals surface area (Å²) in [7, 11) is -0.953. The Kier molecular flexibility index (Phi) is 9.84. The van der Waals surface area contributed by atoms with Gasteiger partial charge in [-0.25, -0.2) is 4.99 Å². The summed E-state index contributed by atoms with van der Waals surface area (Å²) in [5.41, 5.74) is 14.1. The molecule has 2 atom stereocenters. The standard InChI is InChI=1S/C54H64NOP/c1-50(2,3)38-28-39(51(4,5)6)31-42(30-38)57(43-32-40(52(7,8)9)29-41(33-43)53(10,11)12)46-23-17-21-37-25-27-54(48(37)46)26-24-36-20-16-22-44(47(36)54)49-55-45(34-56-49)35-18-14-13-15-19-35/h13-23,28-33,45H,24-27,34H2,1-12H3. The average Bonchev–Trinajstić information content (AvgIpc) is 3.89. The van der Waals surface area contributed by atoms with Crippen molar-refractivity contribution in [3.05, 3.63) is 159 Å². The summed E-state index contributed by atoms with van der Waals surface area (Å²) < 4.78 is 6.57. The molecule has 0 bridgehead atoms. The van der Waals surface area contributed by atoms with Crippen LogP contribution in [0.25, 0.3) is 0 Å². The predicted octanol–water partition coefficient (Wildman–Crippen LogP) is 12.3. The molecule has 3 heteroatoms. The Balaban J connectivity index is 1.40. The molecule has 0 amide bonds. The van der Waals surface area contributed by atoms with Gasteiger partial charge in [0, 0.05) is 11.0 Å². The van der Waals surface area contributed by atoms with Gasteiger partial charge in [-0.1, -0.05) is 180 Å². The highest BCUT2D eigenvalue weighted by atomic mass is 31.1. The summed E-state index contributed by atoms with van der Waals surface area (Å²) in [6.07, 6.45) is 4.40. The second-order valence-corrected chi connectivity index (χ2v) is 23.5. The molecule has 2 nitrogen and oxygen atoms in total. The number of hydrogen-bond donors (Lipinski definition) is 0.